The number of carbonyl (C=O) groups excluding carboxylic acids is 1. The molecular formula is C11H15ClN2O. The maximum Gasteiger partial charge on any atom is 0.231 e. The van der Waals surface area contributed by atoms with Crippen molar-refractivity contribution in [2.75, 3.05) is 16.9 Å². The van der Waals surface area contributed by atoms with E-state index in [9.17, 15) is 4.79 Å². The summed E-state index contributed by atoms with van der Waals surface area (Å²) in [6.45, 7) is 3.60. The lowest BCUT2D eigenvalue weighted by Crippen LogP contribution is -2.32. The molecule has 0 saturated carbocycles. The van der Waals surface area contributed by atoms with Crippen LogP contribution in [0.2, 0.25) is 0 Å². The van der Waals surface area contributed by atoms with Gasteiger partial charge in [0.2, 0.25) is 5.91 Å². The standard InChI is InChI=1S/C11H15ClN2O/c1-11(2,7-12)10(15)14-9-5-3-8(13)4-6-9/h3-6H,7,13H2,1-2H3,(H,14,15). The topological polar surface area (TPSA) is 55.1 Å². The fourth-order valence-electron chi connectivity index (χ4n) is 0.927. The Morgan fingerprint density at radius 1 is 1.40 bits per heavy atom. The summed E-state index contributed by atoms with van der Waals surface area (Å²) >= 11 is 5.70. The minimum atomic E-state index is -0.567. The molecule has 0 heterocycles. The van der Waals surface area contributed by atoms with E-state index in [1.165, 1.54) is 0 Å². The molecule has 3 N–H and O–H groups in total. The van der Waals surface area contributed by atoms with Crippen LogP contribution < -0.4 is 11.1 Å². The van der Waals surface area contributed by atoms with E-state index in [0.29, 0.717) is 5.69 Å². The lowest BCUT2D eigenvalue weighted by Gasteiger charge is -2.20. The molecule has 1 amide bonds. The van der Waals surface area contributed by atoms with Crippen molar-refractivity contribution in [1.82, 2.24) is 0 Å². The average molecular weight is 227 g/mol. The molecule has 0 aromatic heterocycles. The van der Waals surface area contributed by atoms with Gasteiger partial charge in [-0.3, -0.25) is 4.79 Å². The van der Waals surface area contributed by atoms with Gasteiger partial charge >= 0.3 is 0 Å². The molecule has 1 aromatic rings. The second-order valence-electron chi connectivity index (χ2n) is 4.09. The fourth-order valence-corrected chi connectivity index (χ4v) is 1.05. The van der Waals surface area contributed by atoms with Gasteiger partial charge in [0.05, 0.1) is 5.41 Å². The summed E-state index contributed by atoms with van der Waals surface area (Å²) in [5.74, 6) is 0.190. The molecule has 0 saturated heterocycles. The van der Waals surface area contributed by atoms with Crippen molar-refractivity contribution in [1.29, 1.82) is 0 Å². The minimum Gasteiger partial charge on any atom is -0.399 e. The molecule has 0 aliphatic heterocycles. The molecule has 0 aliphatic carbocycles. The summed E-state index contributed by atoms with van der Waals surface area (Å²) in [6, 6.07) is 7.00. The largest absolute Gasteiger partial charge is 0.399 e. The smallest absolute Gasteiger partial charge is 0.231 e. The molecule has 0 bridgehead atoms. The van der Waals surface area contributed by atoms with E-state index >= 15 is 0 Å². The van der Waals surface area contributed by atoms with Crippen molar-refractivity contribution in [3.63, 3.8) is 0 Å². The first-order valence-electron chi connectivity index (χ1n) is 4.68. The first-order chi connectivity index (χ1) is 6.95. The number of nitrogens with two attached hydrogens (primary N) is 1. The van der Waals surface area contributed by atoms with Crippen LogP contribution in [-0.4, -0.2) is 11.8 Å². The highest BCUT2D eigenvalue weighted by Crippen LogP contribution is 2.20. The number of rotatable bonds is 3. The summed E-state index contributed by atoms with van der Waals surface area (Å²) < 4.78 is 0. The van der Waals surface area contributed by atoms with Crippen LogP contribution in [0.4, 0.5) is 11.4 Å². The third kappa shape index (κ3) is 3.13. The zero-order chi connectivity index (χ0) is 11.5. The molecule has 4 heteroatoms. The van der Waals surface area contributed by atoms with Crippen LogP contribution in [-0.2, 0) is 4.79 Å². The summed E-state index contributed by atoms with van der Waals surface area (Å²) in [6.07, 6.45) is 0. The van der Waals surface area contributed by atoms with E-state index in [1.54, 1.807) is 38.1 Å². The van der Waals surface area contributed by atoms with Gasteiger partial charge in [0, 0.05) is 17.3 Å². The minimum absolute atomic E-state index is 0.0951. The first-order valence-corrected chi connectivity index (χ1v) is 5.22. The van der Waals surface area contributed by atoms with Gasteiger partial charge in [0.1, 0.15) is 0 Å². The summed E-state index contributed by atoms with van der Waals surface area (Å²) in [5, 5.41) is 2.78. The molecule has 1 rings (SSSR count). The second-order valence-corrected chi connectivity index (χ2v) is 4.36. The molecule has 3 nitrogen and oxygen atoms in total. The normalized spacial score (nSPS) is 11.1. The zero-order valence-corrected chi connectivity index (χ0v) is 9.64. The van der Waals surface area contributed by atoms with Crippen LogP contribution in [0.3, 0.4) is 0 Å². The molecule has 0 aliphatic rings. The van der Waals surface area contributed by atoms with Crippen LogP contribution in [0, 0.1) is 5.41 Å². The number of halogens is 1. The van der Waals surface area contributed by atoms with Crippen molar-refractivity contribution in [3.8, 4) is 0 Å². The van der Waals surface area contributed by atoms with Gasteiger partial charge < -0.3 is 11.1 Å². The molecule has 0 fully saturated rings. The van der Waals surface area contributed by atoms with Gasteiger partial charge in [-0.2, -0.15) is 0 Å². The van der Waals surface area contributed by atoms with Crippen molar-refractivity contribution >= 4 is 28.9 Å². The number of carbonyl (C=O) groups is 1. The van der Waals surface area contributed by atoms with Gasteiger partial charge in [0.15, 0.2) is 0 Å². The molecule has 0 atom stereocenters. The summed E-state index contributed by atoms with van der Waals surface area (Å²) in [5.41, 5.74) is 6.37. The van der Waals surface area contributed by atoms with Crippen molar-refractivity contribution < 1.29 is 4.79 Å². The van der Waals surface area contributed by atoms with Crippen LogP contribution >= 0.6 is 11.6 Å². The second kappa shape index (κ2) is 4.53. The first kappa shape index (κ1) is 11.9. The Hall–Kier alpha value is -1.22. The van der Waals surface area contributed by atoms with Gasteiger partial charge in [-0.05, 0) is 38.1 Å². The number of benzene rings is 1. The predicted molar refractivity (Wildman–Crippen MR) is 64.0 cm³/mol. The Kier molecular flexibility index (Phi) is 3.58. The average Bonchev–Trinajstić information content (AvgIpc) is 2.21. The molecule has 15 heavy (non-hydrogen) atoms. The molecule has 1 aromatic carbocycles. The number of amides is 1. The number of anilines is 2. The van der Waals surface area contributed by atoms with Gasteiger partial charge in [-0.25, -0.2) is 0 Å². The quantitative estimate of drug-likeness (QED) is 0.615. The van der Waals surface area contributed by atoms with E-state index in [4.69, 9.17) is 17.3 Å². The summed E-state index contributed by atoms with van der Waals surface area (Å²) in [7, 11) is 0. The van der Waals surface area contributed by atoms with Crippen LogP contribution in [0.5, 0.6) is 0 Å². The number of hydrogen-bond donors (Lipinski definition) is 2. The number of nitrogens with one attached hydrogen (secondary N) is 1. The van der Waals surface area contributed by atoms with E-state index in [-0.39, 0.29) is 11.8 Å². The highest BCUT2D eigenvalue weighted by Gasteiger charge is 2.26. The number of hydrogen-bond acceptors (Lipinski definition) is 2. The molecule has 0 radical (unpaired) electrons. The maximum absolute atomic E-state index is 11.7. The lowest BCUT2D eigenvalue weighted by atomic mass is 9.95. The zero-order valence-electron chi connectivity index (χ0n) is 8.88. The number of nitrogen functional groups attached to an aromatic ring is 1. The van der Waals surface area contributed by atoms with Crippen molar-refractivity contribution in [2.24, 2.45) is 5.41 Å². The third-order valence-electron chi connectivity index (χ3n) is 2.12. The van der Waals surface area contributed by atoms with Crippen LogP contribution in [0.25, 0.3) is 0 Å². The lowest BCUT2D eigenvalue weighted by molar-refractivity contribution is -0.122. The SMILES string of the molecule is CC(C)(CCl)C(=O)Nc1ccc(N)cc1. The van der Waals surface area contributed by atoms with E-state index < -0.39 is 5.41 Å². The monoisotopic (exact) mass is 226 g/mol. The molecule has 0 spiro atoms. The molecular weight excluding hydrogens is 212 g/mol. The van der Waals surface area contributed by atoms with Gasteiger partial charge in [-0.1, -0.05) is 0 Å². The number of alkyl halides is 1. The Bertz CT molecular complexity index is 346. The third-order valence-corrected chi connectivity index (χ3v) is 2.79. The fraction of sp³-hybridized carbons (Fsp3) is 0.364. The van der Waals surface area contributed by atoms with E-state index in [0.717, 1.165) is 5.69 Å². The van der Waals surface area contributed by atoms with Crippen molar-refractivity contribution in [2.45, 2.75) is 13.8 Å². The van der Waals surface area contributed by atoms with Gasteiger partial charge in [-0.15, -0.1) is 11.6 Å². The summed E-state index contributed by atoms with van der Waals surface area (Å²) in [4.78, 5) is 11.7. The Labute approximate surface area is 94.6 Å². The Morgan fingerprint density at radius 3 is 2.40 bits per heavy atom. The highest BCUT2D eigenvalue weighted by molar-refractivity contribution is 6.20. The van der Waals surface area contributed by atoms with Gasteiger partial charge in [0.25, 0.3) is 0 Å². The molecule has 82 valence electrons. The van der Waals surface area contributed by atoms with Crippen LogP contribution in [0.1, 0.15) is 13.8 Å². The predicted octanol–water partition coefficient (Wildman–Crippen LogP) is 2.47. The van der Waals surface area contributed by atoms with Crippen LogP contribution in [0.15, 0.2) is 24.3 Å². The van der Waals surface area contributed by atoms with Crippen molar-refractivity contribution in [3.05, 3.63) is 24.3 Å². The Morgan fingerprint density at radius 2 is 1.93 bits per heavy atom. The van der Waals surface area contributed by atoms with E-state index in [1.807, 2.05) is 0 Å². The molecule has 0 unspecified atom stereocenters. The highest BCUT2D eigenvalue weighted by atomic mass is 35.5. The van der Waals surface area contributed by atoms with E-state index in [2.05, 4.69) is 5.32 Å². The Balaban J connectivity index is 2.71. The maximum atomic E-state index is 11.7.